The Kier molecular flexibility index (Phi) is 14.8. The molecule has 0 aromatic rings. The van der Waals surface area contributed by atoms with E-state index in [2.05, 4.69) is 20.9 Å². The Morgan fingerprint density at radius 1 is 0.906 bits per heavy atom. The Morgan fingerprint density at radius 2 is 1.44 bits per heavy atom. The predicted molar refractivity (Wildman–Crippen MR) is 118 cm³/mol. The summed E-state index contributed by atoms with van der Waals surface area (Å²) >= 11 is 1.40. The van der Waals surface area contributed by atoms with Crippen molar-refractivity contribution >= 4 is 41.4 Å². The molecule has 0 aliphatic heterocycles. The molecule has 0 spiro atoms. The van der Waals surface area contributed by atoms with Crippen LogP contribution in [0.25, 0.3) is 0 Å². The van der Waals surface area contributed by atoms with Crippen LogP contribution in [0.1, 0.15) is 19.3 Å². The number of guanidine groups is 1. The Bertz CT molecular complexity index is 661. The lowest BCUT2D eigenvalue weighted by Gasteiger charge is -2.24. The average Bonchev–Trinajstić information content (AvgIpc) is 2.75. The number of carboxylic acids is 1. The minimum absolute atomic E-state index is 0.0950. The summed E-state index contributed by atoms with van der Waals surface area (Å²) in [6, 6.07) is -5.02. The predicted octanol–water partition coefficient (Wildman–Crippen LogP) is -4.36. The Labute approximate surface area is 189 Å². The fourth-order valence-electron chi connectivity index (χ4n) is 2.37. The maximum Gasteiger partial charge on any atom is 0.328 e. The third-order valence-electron chi connectivity index (χ3n) is 4.15. The van der Waals surface area contributed by atoms with E-state index in [0.717, 1.165) is 0 Å². The van der Waals surface area contributed by atoms with E-state index >= 15 is 0 Å². The van der Waals surface area contributed by atoms with Gasteiger partial charge >= 0.3 is 5.97 Å². The number of nitrogens with one attached hydrogen (secondary N) is 3. The van der Waals surface area contributed by atoms with Gasteiger partial charge in [0.15, 0.2) is 5.96 Å². The number of carbonyl (C=O) groups is 4. The van der Waals surface area contributed by atoms with Gasteiger partial charge in [0.05, 0.1) is 13.2 Å². The lowest BCUT2D eigenvalue weighted by Crippen LogP contribution is -2.57. The van der Waals surface area contributed by atoms with Crippen LogP contribution in [0.5, 0.6) is 0 Å². The van der Waals surface area contributed by atoms with Gasteiger partial charge in [-0.05, 0) is 31.3 Å². The maximum absolute atomic E-state index is 12.8. The molecule has 0 aromatic heterocycles. The number of hydrogen-bond donors (Lipinski definition) is 9. The van der Waals surface area contributed by atoms with Gasteiger partial charge < -0.3 is 48.5 Å². The maximum atomic E-state index is 12.8. The first-order chi connectivity index (χ1) is 15.1. The van der Waals surface area contributed by atoms with Crippen molar-refractivity contribution in [2.75, 3.05) is 31.8 Å². The molecule has 4 atom stereocenters. The normalized spacial score (nSPS) is 14.4. The first-order valence-electron chi connectivity index (χ1n) is 9.72. The van der Waals surface area contributed by atoms with Crippen LogP contribution in [0, 0.1) is 0 Å². The minimum Gasteiger partial charge on any atom is -0.480 e. The third-order valence-corrected chi connectivity index (χ3v) is 4.80. The number of nitrogens with two attached hydrogens (primary N) is 3. The van der Waals surface area contributed by atoms with Crippen LogP contribution in [0.4, 0.5) is 0 Å². The molecule has 0 bridgehead atoms. The lowest BCUT2D eigenvalue weighted by atomic mass is 10.1. The summed E-state index contributed by atoms with van der Waals surface area (Å²) in [5.41, 5.74) is 16.0. The van der Waals surface area contributed by atoms with E-state index in [1.54, 1.807) is 6.26 Å². The van der Waals surface area contributed by atoms with Gasteiger partial charge in [-0.3, -0.25) is 19.4 Å². The van der Waals surface area contributed by atoms with Crippen molar-refractivity contribution in [3.8, 4) is 0 Å². The number of nitrogens with zero attached hydrogens (tertiary/aromatic N) is 1. The molecule has 0 aliphatic rings. The molecule has 14 nitrogen and oxygen atoms in total. The number of aliphatic imine (C=N–C) groups is 1. The molecule has 184 valence electrons. The zero-order chi connectivity index (χ0) is 24.7. The second kappa shape index (κ2) is 16.1. The highest BCUT2D eigenvalue weighted by atomic mass is 32.2. The SMILES string of the molecule is CSCCC(NC(=O)C(CCCN=C(N)N)NC(=O)C(N)CO)C(=O)NC(CO)C(=O)O. The van der Waals surface area contributed by atoms with E-state index < -0.39 is 61.1 Å². The molecule has 0 heterocycles. The highest BCUT2D eigenvalue weighted by Crippen LogP contribution is 2.05. The molecule has 0 fully saturated rings. The first-order valence-corrected chi connectivity index (χ1v) is 11.1. The standard InChI is InChI=1S/C17H33N7O7S/c1-32-6-4-11(15(29)24-12(8-26)16(30)31)23-14(28)10(3-2-5-21-17(19)20)22-13(27)9(18)7-25/h9-12,25-26H,2-8,18H2,1H3,(H,22,27)(H,23,28)(H,24,29)(H,30,31)(H4,19,20,21). The second-order valence-corrected chi connectivity index (χ2v) is 7.71. The average molecular weight is 480 g/mol. The number of thioether (sulfide) groups is 1. The molecular formula is C17H33N7O7S. The van der Waals surface area contributed by atoms with Crippen molar-refractivity contribution in [3.63, 3.8) is 0 Å². The summed E-state index contributed by atoms with van der Waals surface area (Å²) in [4.78, 5) is 52.2. The molecule has 15 heteroatoms. The van der Waals surface area contributed by atoms with Gasteiger partial charge in [0.25, 0.3) is 0 Å². The quantitative estimate of drug-likeness (QED) is 0.0580. The second-order valence-electron chi connectivity index (χ2n) is 6.72. The van der Waals surface area contributed by atoms with Crippen molar-refractivity contribution in [3.05, 3.63) is 0 Å². The zero-order valence-electron chi connectivity index (χ0n) is 17.8. The van der Waals surface area contributed by atoms with E-state index in [0.29, 0.717) is 12.2 Å². The fraction of sp³-hybridized carbons (Fsp3) is 0.706. The number of hydrogen-bond acceptors (Lipinski definition) is 9. The summed E-state index contributed by atoms with van der Waals surface area (Å²) in [7, 11) is 0. The highest BCUT2D eigenvalue weighted by Gasteiger charge is 2.29. The van der Waals surface area contributed by atoms with Crippen molar-refractivity contribution in [2.24, 2.45) is 22.2 Å². The van der Waals surface area contributed by atoms with Crippen LogP contribution >= 0.6 is 11.8 Å². The van der Waals surface area contributed by atoms with Gasteiger partial charge in [-0.2, -0.15) is 11.8 Å². The van der Waals surface area contributed by atoms with E-state index in [4.69, 9.17) is 32.5 Å². The molecule has 0 aromatic carbocycles. The van der Waals surface area contributed by atoms with Gasteiger partial charge in [-0.1, -0.05) is 0 Å². The van der Waals surface area contributed by atoms with Gasteiger partial charge in [-0.25, -0.2) is 4.79 Å². The Hall–Kier alpha value is -2.62. The number of aliphatic hydroxyl groups is 2. The third kappa shape index (κ3) is 11.7. The van der Waals surface area contributed by atoms with Crippen LogP contribution in [-0.2, 0) is 19.2 Å². The number of amides is 3. The van der Waals surface area contributed by atoms with Gasteiger partial charge in [0.1, 0.15) is 24.2 Å². The number of carboxylic acid groups (broad SMARTS) is 1. The number of carbonyl (C=O) groups excluding carboxylic acids is 3. The van der Waals surface area contributed by atoms with E-state index in [-0.39, 0.29) is 25.3 Å². The van der Waals surface area contributed by atoms with Gasteiger partial charge in [-0.15, -0.1) is 0 Å². The topological polar surface area (TPSA) is 255 Å². The van der Waals surface area contributed by atoms with Crippen LogP contribution in [-0.4, -0.2) is 101 Å². The lowest BCUT2D eigenvalue weighted by molar-refractivity contribution is -0.143. The number of aliphatic carboxylic acids is 1. The minimum atomic E-state index is -1.53. The molecule has 0 aliphatic carbocycles. The Balaban J connectivity index is 5.39. The molecule has 12 N–H and O–H groups in total. The fourth-order valence-corrected chi connectivity index (χ4v) is 2.84. The van der Waals surface area contributed by atoms with Crippen molar-refractivity contribution in [1.29, 1.82) is 0 Å². The van der Waals surface area contributed by atoms with Crippen LogP contribution < -0.4 is 33.2 Å². The molecule has 3 amide bonds. The summed E-state index contributed by atoms with van der Waals surface area (Å²) in [5, 5.41) is 34.2. The molecule has 0 radical (unpaired) electrons. The van der Waals surface area contributed by atoms with Crippen molar-refractivity contribution in [2.45, 2.75) is 43.4 Å². The first kappa shape index (κ1) is 29.4. The Morgan fingerprint density at radius 3 is 1.91 bits per heavy atom. The number of aliphatic hydroxyl groups excluding tert-OH is 2. The molecule has 0 rings (SSSR count). The van der Waals surface area contributed by atoms with E-state index in [1.807, 2.05) is 0 Å². The molecule has 32 heavy (non-hydrogen) atoms. The molecule has 0 saturated carbocycles. The van der Waals surface area contributed by atoms with Crippen LogP contribution in [0.15, 0.2) is 4.99 Å². The molecular weight excluding hydrogens is 446 g/mol. The summed E-state index contributed by atoms with van der Waals surface area (Å²) in [5.74, 6) is -3.39. The van der Waals surface area contributed by atoms with E-state index in [9.17, 15) is 19.2 Å². The van der Waals surface area contributed by atoms with Crippen molar-refractivity contribution in [1.82, 2.24) is 16.0 Å². The smallest absolute Gasteiger partial charge is 0.328 e. The highest BCUT2D eigenvalue weighted by molar-refractivity contribution is 7.98. The van der Waals surface area contributed by atoms with Crippen LogP contribution in [0.3, 0.4) is 0 Å². The summed E-state index contributed by atoms with van der Waals surface area (Å²) in [6.45, 7) is -1.28. The van der Waals surface area contributed by atoms with Gasteiger partial charge in [0, 0.05) is 6.54 Å². The molecule has 4 unspecified atom stereocenters. The van der Waals surface area contributed by atoms with E-state index in [1.165, 1.54) is 11.8 Å². The zero-order valence-corrected chi connectivity index (χ0v) is 18.6. The van der Waals surface area contributed by atoms with Crippen molar-refractivity contribution < 1.29 is 34.5 Å². The monoisotopic (exact) mass is 479 g/mol. The largest absolute Gasteiger partial charge is 0.480 e. The summed E-state index contributed by atoms with van der Waals surface area (Å²) in [6.07, 6.45) is 2.35. The summed E-state index contributed by atoms with van der Waals surface area (Å²) < 4.78 is 0. The van der Waals surface area contributed by atoms with Gasteiger partial charge in [0.2, 0.25) is 17.7 Å². The van der Waals surface area contributed by atoms with Crippen LogP contribution in [0.2, 0.25) is 0 Å². The number of rotatable bonds is 16. The molecule has 0 saturated heterocycles.